The molecule has 1 fully saturated rings. The lowest BCUT2D eigenvalue weighted by Gasteiger charge is -2.34. The summed E-state index contributed by atoms with van der Waals surface area (Å²) >= 11 is 12.2. The number of nitrogens with one attached hydrogen (secondary N) is 1. The first-order chi connectivity index (χ1) is 13.3. The molecule has 1 aliphatic rings. The summed E-state index contributed by atoms with van der Waals surface area (Å²) < 4.78 is 32.6. The van der Waals surface area contributed by atoms with Gasteiger partial charge in [-0.25, -0.2) is 17.9 Å². The molecule has 1 aromatic carbocycles. The van der Waals surface area contributed by atoms with E-state index in [1.54, 1.807) is 18.2 Å². The fourth-order valence-corrected chi connectivity index (χ4v) is 3.98. The van der Waals surface area contributed by atoms with Gasteiger partial charge in [-0.05, 0) is 23.1 Å². The number of ether oxygens (including phenoxy) is 1. The average Bonchev–Trinajstić information content (AvgIpc) is 2.82. The molecule has 0 bridgehead atoms. The van der Waals surface area contributed by atoms with Crippen LogP contribution < -0.4 is 4.72 Å². The predicted octanol–water partition coefficient (Wildman–Crippen LogP) is 4.14. The van der Waals surface area contributed by atoms with Crippen LogP contribution in [0.25, 0.3) is 0 Å². The van der Waals surface area contributed by atoms with E-state index in [0.717, 1.165) is 5.41 Å². The zero-order valence-corrected chi connectivity index (χ0v) is 18.9. The minimum absolute atomic E-state index is 0.0279. The van der Waals surface area contributed by atoms with E-state index >= 15 is 0 Å². The Balaban J connectivity index is 2.48. The standard InChI is InChI=1S/C19H26Cl2N2O5S/c1-5-29(26,27)22-9-13-10-23(18(24)25)11-16(19(2,3)4)28-17(13)12-6-7-14(20)15(21)8-12/h5-8,13,16-17,22H,1,9-11H2,2-4H3,(H,24,25)/t13-,16?,17+/m1/s1. The van der Waals surface area contributed by atoms with Crippen LogP contribution in [0.1, 0.15) is 32.4 Å². The smallest absolute Gasteiger partial charge is 0.407 e. The molecule has 1 aliphatic heterocycles. The zero-order valence-electron chi connectivity index (χ0n) is 16.6. The summed E-state index contributed by atoms with van der Waals surface area (Å²) in [7, 11) is -3.69. The van der Waals surface area contributed by atoms with E-state index in [4.69, 9.17) is 27.9 Å². The largest absolute Gasteiger partial charge is 0.465 e. The normalized spacial score (nSPS) is 23.5. The first-order valence-corrected chi connectivity index (χ1v) is 11.3. The fraction of sp³-hybridized carbons (Fsp3) is 0.526. The van der Waals surface area contributed by atoms with Gasteiger partial charge in [0.15, 0.2) is 0 Å². The molecule has 0 spiro atoms. The highest BCUT2D eigenvalue weighted by Gasteiger charge is 2.40. The Labute approximate surface area is 181 Å². The van der Waals surface area contributed by atoms with Gasteiger partial charge in [0.05, 0.1) is 28.8 Å². The number of nitrogens with zero attached hydrogens (tertiary/aromatic N) is 1. The molecule has 29 heavy (non-hydrogen) atoms. The number of halogens is 2. The summed E-state index contributed by atoms with van der Waals surface area (Å²) in [5.74, 6) is -0.495. The Morgan fingerprint density at radius 1 is 1.34 bits per heavy atom. The molecule has 162 valence electrons. The van der Waals surface area contributed by atoms with Crippen molar-refractivity contribution in [2.45, 2.75) is 33.0 Å². The van der Waals surface area contributed by atoms with Crippen molar-refractivity contribution in [3.05, 3.63) is 45.8 Å². The van der Waals surface area contributed by atoms with Crippen LogP contribution in [0.4, 0.5) is 4.79 Å². The van der Waals surface area contributed by atoms with Crippen molar-refractivity contribution in [1.82, 2.24) is 9.62 Å². The lowest BCUT2D eigenvalue weighted by Crippen LogP contribution is -2.42. The summed E-state index contributed by atoms with van der Waals surface area (Å²) in [5, 5.41) is 11.2. The molecule has 0 aromatic heterocycles. The van der Waals surface area contributed by atoms with Crippen molar-refractivity contribution in [3.8, 4) is 0 Å². The lowest BCUT2D eigenvalue weighted by atomic mass is 9.88. The van der Waals surface area contributed by atoms with Gasteiger partial charge in [0.2, 0.25) is 10.0 Å². The summed E-state index contributed by atoms with van der Waals surface area (Å²) in [6.45, 7) is 9.40. The monoisotopic (exact) mass is 464 g/mol. The third kappa shape index (κ3) is 6.33. The molecule has 3 atom stereocenters. The van der Waals surface area contributed by atoms with Gasteiger partial charge in [0.1, 0.15) is 0 Å². The minimum atomic E-state index is -3.69. The highest BCUT2D eigenvalue weighted by Crippen LogP contribution is 2.38. The molecule has 2 N–H and O–H groups in total. The third-order valence-corrected chi connectivity index (χ3v) is 6.60. The van der Waals surface area contributed by atoms with Crippen LogP contribution in [0.5, 0.6) is 0 Å². The van der Waals surface area contributed by atoms with Crippen molar-refractivity contribution in [3.63, 3.8) is 0 Å². The quantitative estimate of drug-likeness (QED) is 0.682. The van der Waals surface area contributed by atoms with Crippen LogP contribution in [0, 0.1) is 11.3 Å². The van der Waals surface area contributed by atoms with Crippen molar-refractivity contribution < 1.29 is 23.1 Å². The van der Waals surface area contributed by atoms with Gasteiger partial charge in [-0.3, -0.25) is 0 Å². The SMILES string of the molecule is C=CS(=O)(=O)NC[C@@H]1CN(C(=O)O)CC(C(C)(C)C)O[C@H]1c1ccc(Cl)c(Cl)c1. The molecule has 0 aliphatic carbocycles. The van der Waals surface area contributed by atoms with Crippen molar-refractivity contribution >= 4 is 39.3 Å². The fourth-order valence-electron chi connectivity index (χ4n) is 3.11. The number of benzene rings is 1. The number of sulfonamides is 1. The van der Waals surface area contributed by atoms with E-state index in [9.17, 15) is 18.3 Å². The molecule has 7 nitrogen and oxygen atoms in total. The van der Waals surface area contributed by atoms with Crippen LogP contribution in [0.2, 0.25) is 10.0 Å². The van der Waals surface area contributed by atoms with Gasteiger partial charge >= 0.3 is 6.09 Å². The van der Waals surface area contributed by atoms with Gasteiger partial charge in [-0.2, -0.15) is 0 Å². The summed E-state index contributed by atoms with van der Waals surface area (Å²) in [6.07, 6.45) is -2.10. The Kier molecular flexibility index (Phi) is 7.62. The second kappa shape index (κ2) is 9.22. The summed E-state index contributed by atoms with van der Waals surface area (Å²) in [6, 6.07) is 5.06. The molecule has 0 saturated carbocycles. The number of hydrogen-bond donors (Lipinski definition) is 2. The highest BCUT2D eigenvalue weighted by molar-refractivity contribution is 7.92. The Morgan fingerprint density at radius 2 is 2.00 bits per heavy atom. The van der Waals surface area contributed by atoms with Crippen LogP contribution in [-0.2, 0) is 14.8 Å². The molecule has 1 unspecified atom stereocenters. The van der Waals surface area contributed by atoms with Gasteiger partial charge < -0.3 is 14.7 Å². The van der Waals surface area contributed by atoms with Crippen molar-refractivity contribution in [2.75, 3.05) is 19.6 Å². The van der Waals surface area contributed by atoms with Crippen LogP contribution in [0.15, 0.2) is 30.2 Å². The van der Waals surface area contributed by atoms with Crippen molar-refractivity contribution in [2.24, 2.45) is 11.3 Å². The first-order valence-electron chi connectivity index (χ1n) is 9.04. The van der Waals surface area contributed by atoms with Crippen molar-refractivity contribution in [1.29, 1.82) is 0 Å². The zero-order chi connectivity index (χ0) is 22.0. The van der Waals surface area contributed by atoms with E-state index in [1.807, 2.05) is 20.8 Å². The van der Waals surface area contributed by atoms with Gasteiger partial charge in [0.25, 0.3) is 0 Å². The number of rotatable bonds is 5. The van der Waals surface area contributed by atoms with Gasteiger partial charge in [-0.1, -0.05) is 56.6 Å². The summed E-state index contributed by atoms with van der Waals surface area (Å²) in [4.78, 5) is 13.1. The predicted molar refractivity (Wildman–Crippen MR) is 114 cm³/mol. The molecule has 10 heteroatoms. The first kappa shape index (κ1) is 24.0. The molecule has 1 saturated heterocycles. The molecular weight excluding hydrogens is 439 g/mol. The number of carbonyl (C=O) groups is 1. The highest BCUT2D eigenvalue weighted by atomic mass is 35.5. The van der Waals surface area contributed by atoms with E-state index in [0.29, 0.717) is 15.6 Å². The lowest BCUT2D eigenvalue weighted by molar-refractivity contribution is -0.0760. The molecule has 1 aromatic rings. The second-order valence-electron chi connectivity index (χ2n) is 8.09. The van der Waals surface area contributed by atoms with Gasteiger partial charge in [0, 0.05) is 24.4 Å². The maximum Gasteiger partial charge on any atom is 0.407 e. The molecular formula is C19H26Cl2N2O5S. The number of hydrogen-bond acceptors (Lipinski definition) is 4. The Hall–Kier alpha value is -1.32. The van der Waals surface area contributed by atoms with Gasteiger partial charge in [-0.15, -0.1) is 0 Å². The van der Waals surface area contributed by atoms with Crippen LogP contribution >= 0.6 is 23.2 Å². The van der Waals surface area contributed by atoms with Crippen LogP contribution in [-0.4, -0.2) is 50.3 Å². The number of carboxylic acid groups (broad SMARTS) is 1. The Bertz CT molecular complexity index is 870. The maximum absolute atomic E-state index is 11.9. The molecule has 1 amide bonds. The van der Waals surface area contributed by atoms with E-state index in [-0.39, 0.29) is 25.0 Å². The van der Waals surface area contributed by atoms with Crippen LogP contribution in [0.3, 0.4) is 0 Å². The number of amides is 1. The molecule has 2 rings (SSSR count). The van der Waals surface area contributed by atoms with E-state index in [2.05, 4.69) is 11.3 Å². The minimum Gasteiger partial charge on any atom is -0.465 e. The van der Waals surface area contributed by atoms with E-state index < -0.39 is 34.2 Å². The maximum atomic E-state index is 11.9. The third-order valence-electron chi connectivity index (χ3n) is 4.85. The Morgan fingerprint density at radius 3 is 2.52 bits per heavy atom. The molecule has 0 radical (unpaired) electrons. The topological polar surface area (TPSA) is 95.9 Å². The van der Waals surface area contributed by atoms with E-state index in [1.165, 1.54) is 4.90 Å². The average molecular weight is 465 g/mol. The second-order valence-corrected chi connectivity index (χ2v) is 10.6. The summed E-state index contributed by atoms with van der Waals surface area (Å²) in [5.41, 5.74) is 0.348. The molecule has 1 heterocycles.